The Morgan fingerprint density at radius 1 is 1.18 bits per heavy atom. The van der Waals surface area contributed by atoms with Crippen LogP contribution in [-0.4, -0.2) is 16.6 Å². The normalized spacial score (nSPS) is 14.5. The fourth-order valence-electron chi connectivity index (χ4n) is 2.34. The molecule has 0 aliphatic carbocycles. The molecule has 3 nitrogen and oxygen atoms in total. The van der Waals surface area contributed by atoms with Crippen LogP contribution in [0.5, 0.6) is 0 Å². The summed E-state index contributed by atoms with van der Waals surface area (Å²) in [5, 5.41) is 0. The zero-order valence-electron chi connectivity index (χ0n) is 10.1. The molecule has 0 spiro atoms. The Hall–Kier alpha value is -2.03. The maximum atomic E-state index is 4.42. The minimum Gasteiger partial charge on any atom is -0.342 e. The molecule has 2 heterocycles. The van der Waals surface area contributed by atoms with E-state index in [1.165, 1.54) is 16.9 Å². The molecule has 1 aliphatic heterocycles. The number of hydrogen-bond acceptors (Lipinski definition) is 2. The number of benzene rings is 1. The van der Waals surface area contributed by atoms with Crippen molar-refractivity contribution in [1.82, 2.24) is 9.55 Å². The molecule has 0 saturated carbocycles. The first-order chi connectivity index (χ1) is 8.27. The lowest BCUT2D eigenvalue weighted by Gasteiger charge is -2.28. The van der Waals surface area contributed by atoms with Crippen LogP contribution in [0, 0.1) is 0 Å². The maximum Gasteiger partial charge on any atom is 0.156 e. The minimum absolute atomic E-state index is 0.975. The van der Waals surface area contributed by atoms with Crippen LogP contribution in [0.3, 0.4) is 0 Å². The van der Waals surface area contributed by atoms with Gasteiger partial charge in [-0.2, -0.15) is 0 Å². The Bertz CT molecular complexity index is 581. The zero-order chi connectivity index (χ0) is 11.8. The van der Waals surface area contributed by atoms with E-state index < -0.39 is 0 Å². The number of allylic oxidation sites excluding steroid dienone is 1. The quantitative estimate of drug-likeness (QED) is 0.743. The van der Waals surface area contributed by atoms with Gasteiger partial charge in [-0.1, -0.05) is 24.3 Å². The topological polar surface area (TPSA) is 21.1 Å². The van der Waals surface area contributed by atoms with Gasteiger partial charge in [-0.3, -0.25) is 0 Å². The van der Waals surface area contributed by atoms with Crippen molar-refractivity contribution < 1.29 is 0 Å². The molecule has 1 aromatic carbocycles. The smallest absolute Gasteiger partial charge is 0.156 e. The van der Waals surface area contributed by atoms with E-state index >= 15 is 0 Å². The number of aromatic nitrogens is 2. The molecule has 3 heteroatoms. The summed E-state index contributed by atoms with van der Waals surface area (Å²) in [4.78, 5) is 6.63. The van der Waals surface area contributed by atoms with Gasteiger partial charge < -0.3 is 9.47 Å². The first kappa shape index (κ1) is 10.1. The van der Waals surface area contributed by atoms with Crippen molar-refractivity contribution in [2.75, 3.05) is 11.9 Å². The van der Waals surface area contributed by atoms with Crippen molar-refractivity contribution in [1.29, 1.82) is 0 Å². The average Bonchev–Trinajstić information content (AvgIpc) is 2.76. The molecule has 0 radical (unpaired) electrons. The molecule has 1 aliphatic rings. The first-order valence-electron chi connectivity index (χ1n) is 5.77. The summed E-state index contributed by atoms with van der Waals surface area (Å²) in [6.07, 6.45) is 7.03. The number of imidazole rings is 1. The van der Waals surface area contributed by atoms with Gasteiger partial charge in [-0.25, -0.2) is 4.98 Å². The Morgan fingerprint density at radius 3 is 2.76 bits per heavy atom. The highest BCUT2D eigenvalue weighted by Gasteiger charge is 2.19. The fraction of sp³-hybridized carbons (Fsp3) is 0.214. The van der Waals surface area contributed by atoms with Gasteiger partial charge in [0, 0.05) is 32.2 Å². The summed E-state index contributed by atoms with van der Waals surface area (Å²) in [5.74, 6) is 1.02. The van der Waals surface area contributed by atoms with Gasteiger partial charge in [0.1, 0.15) is 0 Å². The molecule has 0 atom stereocenters. The minimum atomic E-state index is 0.975. The summed E-state index contributed by atoms with van der Waals surface area (Å²) in [7, 11) is 4.12. The highest BCUT2D eigenvalue weighted by atomic mass is 15.2. The monoisotopic (exact) mass is 225 g/mol. The standard InChI is InChI=1S/C14H15N3/c1-16-10-9-15-14(16)13-8-7-11-5-3-4-6-12(11)17(13)2/h3-6,8-10H,7H2,1-2H3. The summed E-state index contributed by atoms with van der Waals surface area (Å²) in [6, 6.07) is 8.51. The predicted molar refractivity (Wildman–Crippen MR) is 69.7 cm³/mol. The molecule has 1 aromatic heterocycles. The Kier molecular flexibility index (Phi) is 2.25. The number of hydrogen-bond donors (Lipinski definition) is 0. The van der Waals surface area contributed by atoms with Crippen molar-refractivity contribution in [2.24, 2.45) is 7.05 Å². The number of para-hydroxylation sites is 1. The van der Waals surface area contributed by atoms with E-state index in [0.29, 0.717) is 0 Å². The second-order valence-corrected chi connectivity index (χ2v) is 4.34. The van der Waals surface area contributed by atoms with Crippen molar-refractivity contribution in [3.8, 4) is 0 Å². The van der Waals surface area contributed by atoms with Gasteiger partial charge >= 0.3 is 0 Å². The molecule has 0 amide bonds. The first-order valence-corrected chi connectivity index (χ1v) is 5.77. The van der Waals surface area contributed by atoms with Gasteiger partial charge in [0.15, 0.2) is 5.82 Å². The van der Waals surface area contributed by atoms with E-state index in [4.69, 9.17) is 0 Å². The van der Waals surface area contributed by atoms with Crippen molar-refractivity contribution in [3.63, 3.8) is 0 Å². The number of rotatable bonds is 1. The van der Waals surface area contributed by atoms with Crippen LogP contribution in [0.1, 0.15) is 11.4 Å². The fourth-order valence-corrected chi connectivity index (χ4v) is 2.34. The maximum absolute atomic E-state index is 4.42. The largest absolute Gasteiger partial charge is 0.342 e. The van der Waals surface area contributed by atoms with E-state index in [0.717, 1.165) is 12.2 Å². The summed E-state index contributed by atoms with van der Waals surface area (Å²) in [6.45, 7) is 0. The van der Waals surface area contributed by atoms with Crippen LogP contribution >= 0.6 is 0 Å². The predicted octanol–water partition coefficient (Wildman–Crippen LogP) is 2.45. The summed E-state index contributed by atoms with van der Waals surface area (Å²) in [5.41, 5.74) is 3.82. The lowest BCUT2D eigenvalue weighted by atomic mass is 10.0. The molecule has 86 valence electrons. The van der Waals surface area contributed by atoms with Crippen molar-refractivity contribution in [3.05, 3.63) is 54.1 Å². The van der Waals surface area contributed by atoms with E-state index in [1.54, 1.807) is 0 Å². The Morgan fingerprint density at radius 2 is 2.00 bits per heavy atom. The second kappa shape index (κ2) is 3.77. The second-order valence-electron chi connectivity index (χ2n) is 4.34. The molecule has 0 bridgehead atoms. The molecule has 0 N–H and O–H groups in total. The molecule has 17 heavy (non-hydrogen) atoms. The third-order valence-electron chi connectivity index (χ3n) is 3.28. The van der Waals surface area contributed by atoms with Crippen LogP contribution < -0.4 is 4.90 Å². The average molecular weight is 225 g/mol. The van der Waals surface area contributed by atoms with Crippen LogP contribution in [0.2, 0.25) is 0 Å². The van der Waals surface area contributed by atoms with E-state index in [1.807, 2.05) is 19.4 Å². The SMILES string of the molecule is CN1C(c2nccn2C)=CCc2ccccc21. The third kappa shape index (κ3) is 1.55. The number of fused-ring (bicyclic) bond motifs is 1. The third-order valence-corrected chi connectivity index (χ3v) is 3.28. The van der Waals surface area contributed by atoms with Crippen molar-refractivity contribution in [2.45, 2.75) is 6.42 Å². The Labute approximate surface area is 101 Å². The highest BCUT2D eigenvalue weighted by Crippen LogP contribution is 2.31. The van der Waals surface area contributed by atoms with Gasteiger partial charge in [-0.15, -0.1) is 0 Å². The number of nitrogens with zero attached hydrogens (tertiary/aromatic N) is 3. The van der Waals surface area contributed by atoms with Crippen LogP contribution in [0.25, 0.3) is 5.70 Å². The van der Waals surface area contributed by atoms with Gasteiger partial charge in [-0.05, 0) is 18.1 Å². The van der Waals surface area contributed by atoms with Crippen LogP contribution in [0.15, 0.2) is 42.7 Å². The van der Waals surface area contributed by atoms with Crippen molar-refractivity contribution >= 4 is 11.4 Å². The molecular weight excluding hydrogens is 210 g/mol. The molecule has 3 rings (SSSR count). The Balaban J connectivity index is 2.06. The molecule has 0 fully saturated rings. The lowest BCUT2D eigenvalue weighted by Crippen LogP contribution is -2.22. The van der Waals surface area contributed by atoms with Crippen LogP contribution in [-0.2, 0) is 13.5 Å². The summed E-state index contributed by atoms with van der Waals surface area (Å²) >= 11 is 0. The van der Waals surface area contributed by atoms with E-state index in [9.17, 15) is 0 Å². The van der Waals surface area contributed by atoms with Gasteiger partial charge in [0.05, 0.1) is 5.70 Å². The molecule has 0 unspecified atom stereocenters. The van der Waals surface area contributed by atoms with Crippen LogP contribution in [0.4, 0.5) is 5.69 Å². The molecule has 0 saturated heterocycles. The molecule has 2 aromatic rings. The van der Waals surface area contributed by atoms with E-state index in [2.05, 4.69) is 51.8 Å². The summed E-state index contributed by atoms with van der Waals surface area (Å²) < 4.78 is 2.05. The van der Waals surface area contributed by atoms with Gasteiger partial charge in [0.2, 0.25) is 0 Å². The van der Waals surface area contributed by atoms with E-state index in [-0.39, 0.29) is 0 Å². The number of anilines is 1. The molecular formula is C14H15N3. The lowest BCUT2D eigenvalue weighted by molar-refractivity contribution is 0.876. The zero-order valence-corrected chi connectivity index (χ0v) is 10.1. The number of aryl methyl sites for hydroxylation is 1. The van der Waals surface area contributed by atoms with Gasteiger partial charge in [0.25, 0.3) is 0 Å². The highest BCUT2D eigenvalue weighted by molar-refractivity contribution is 5.80.